The number of amides is 1. The minimum atomic E-state index is -1.01. The molecule has 0 aliphatic rings. The van der Waals surface area contributed by atoms with Gasteiger partial charge in [-0.1, -0.05) is 6.92 Å². The van der Waals surface area contributed by atoms with Crippen LogP contribution in [0.2, 0.25) is 0 Å². The van der Waals surface area contributed by atoms with E-state index in [4.69, 9.17) is 5.11 Å². The van der Waals surface area contributed by atoms with Crippen molar-refractivity contribution in [2.75, 3.05) is 6.54 Å². The Bertz CT molecular complexity index is 547. The van der Waals surface area contributed by atoms with Crippen molar-refractivity contribution in [2.45, 2.75) is 13.3 Å². The number of carboxylic acid groups (broad SMARTS) is 1. The van der Waals surface area contributed by atoms with E-state index < -0.39 is 33.9 Å². The van der Waals surface area contributed by atoms with E-state index in [0.29, 0.717) is 0 Å². The van der Waals surface area contributed by atoms with Crippen molar-refractivity contribution in [3.63, 3.8) is 0 Å². The van der Waals surface area contributed by atoms with Gasteiger partial charge in [0, 0.05) is 19.0 Å². The maximum Gasteiger partial charge on any atom is 0.303 e. The van der Waals surface area contributed by atoms with Crippen LogP contribution in [0.15, 0.2) is 18.2 Å². The van der Waals surface area contributed by atoms with Crippen LogP contribution in [0.3, 0.4) is 0 Å². The van der Waals surface area contributed by atoms with Crippen LogP contribution in [-0.4, -0.2) is 28.5 Å². The molecule has 1 atom stereocenters. The summed E-state index contributed by atoms with van der Waals surface area (Å²) >= 11 is 0. The fourth-order valence-electron chi connectivity index (χ4n) is 1.58. The summed E-state index contributed by atoms with van der Waals surface area (Å²) in [5.41, 5.74) is -0.896. The molecule has 0 fully saturated rings. The maximum absolute atomic E-state index is 13.1. The first kappa shape index (κ1) is 15.5. The number of benzene rings is 1. The predicted molar refractivity (Wildman–Crippen MR) is 66.8 cm³/mol. The molecule has 2 N–H and O–H groups in total. The maximum atomic E-state index is 13.1. The van der Waals surface area contributed by atoms with E-state index in [1.165, 1.54) is 0 Å². The third-order valence-corrected chi connectivity index (χ3v) is 2.53. The van der Waals surface area contributed by atoms with Crippen LogP contribution >= 0.6 is 0 Å². The summed E-state index contributed by atoms with van der Waals surface area (Å²) in [6.45, 7) is 1.63. The Labute approximate surface area is 113 Å². The largest absolute Gasteiger partial charge is 0.481 e. The molecule has 0 spiro atoms. The summed E-state index contributed by atoms with van der Waals surface area (Å²) in [7, 11) is 0. The van der Waals surface area contributed by atoms with E-state index in [-0.39, 0.29) is 18.9 Å². The number of carboxylic acids is 1. The van der Waals surface area contributed by atoms with Crippen molar-refractivity contribution in [1.29, 1.82) is 0 Å². The van der Waals surface area contributed by atoms with Gasteiger partial charge in [-0.2, -0.15) is 0 Å². The molecule has 0 saturated heterocycles. The Balaban J connectivity index is 2.79. The Morgan fingerprint density at radius 1 is 1.50 bits per heavy atom. The number of carbonyl (C=O) groups is 2. The van der Waals surface area contributed by atoms with E-state index in [9.17, 15) is 24.1 Å². The van der Waals surface area contributed by atoms with Crippen LogP contribution in [0.5, 0.6) is 0 Å². The third-order valence-electron chi connectivity index (χ3n) is 2.53. The number of nitrogens with zero attached hydrogens (tertiary/aromatic N) is 1. The predicted octanol–water partition coefficient (Wildman–Crippen LogP) is 1.57. The number of nitro benzene ring substituents is 1. The Morgan fingerprint density at radius 2 is 2.15 bits per heavy atom. The van der Waals surface area contributed by atoms with Crippen LogP contribution in [0.4, 0.5) is 10.1 Å². The van der Waals surface area contributed by atoms with Crippen LogP contribution in [-0.2, 0) is 4.79 Å². The van der Waals surface area contributed by atoms with Gasteiger partial charge in [-0.25, -0.2) is 4.39 Å². The second-order valence-electron chi connectivity index (χ2n) is 4.33. The average molecular weight is 284 g/mol. The molecule has 1 aromatic rings. The highest BCUT2D eigenvalue weighted by molar-refractivity contribution is 5.98. The number of hydrogen-bond donors (Lipinski definition) is 2. The zero-order chi connectivity index (χ0) is 15.3. The van der Waals surface area contributed by atoms with Crippen molar-refractivity contribution in [1.82, 2.24) is 5.32 Å². The third kappa shape index (κ3) is 4.30. The number of rotatable bonds is 6. The molecule has 8 heteroatoms. The molecule has 0 saturated carbocycles. The summed E-state index contributed by atoms with van der Waals surface area (Å²) in [5.74, 6) is -2.93. The highest BCUT2D eigenvalue weighted by atomic mass is 19.1. The molecule has 0 aliphatic carbocycles. The van der Waals surface area contributed by atoms with Crippen LogP contribution in [0, 0.1) is 21.8 Å². The first-order valence-corrected chi connectivity index (χ1v) is 5.75. The summed E-state index contributed by atoms with van der Waals surface area (Å²) in [5, 5.41) is 21.7. The normalized spacial score (nSPS) is 11.7. The van der Waals surface area contributed by atoms with E-state index in [2.05, 4.69) is 5.32 Å². The Kier molecular flexibility index (Phi) is 5.13. The molecule has 1 unspecified atom stereocenters. The first-order valence-electron chi connectivity index (χ1n) is 5.75. The summed E-state index contributed by atoms with van der Waals surface area (Å²) in [4.78, 5) is 32.2. The quantitative estimate of drug-likeness (QED) is 0.608. The van der Waals surface area contributed by atoms with Crippen LogP contribution < -0.4 is 5.32 Å². The minimum absolute atomic E-state index is 0.0266. The molecule has 1 amide bonds. The molecule has 0 radical (unpaired) electrons. The second-order valence-corrected chi connectivity index (χ2v) is 4.33. The molecule has 7 nitrogen and oxygen atoms in total. The molecular formula is C12H13FN2O5. The highest BCUT2D eigenvalue weighted by Gasteiger charge is 2.21. The van der Waals surface area contributed by atoms with Gasteiger partial charge in [-0.3, -0.25) is 19.7 Å². The first-order chi connectivity index (χ1) is 9.31. The molecule has 1 rings (SSSR count). The van der Waals surface area contributed by atoms with Gasteiger partial charge in [0.2, 0.25) is 0 Å². The molecule has 0 aliphatic heterocycles. The Hall–Kier alpha value is -2.51. The lowest BCUT2D eigenvalue weighted by atomic mass is 10.1. The number of hydrogen-bond acceptors (Lipinski definition) is 4. The highest BCUT2D eigenvalue weighted by Crippen LogP contribution is 2.19. The minimum Gasteiger partial charge on any atom is -0.481 e. The van der Waals surface area contributed by atoms with Crippen molar-refractivity contribution >= 4 is 17.6 Å². The fourth-order valence-corrected chi connectivity index (χ4v) is 1.58. The van der Waals surface area contributed by atoms with Gasteiger partial charge in [-0.05, 0) is 18.1 Å². The van der Waals surface area contributed by atoms with Crippen molar-refractivity contribution in [3.05, 3.63) is 39.7 Å². The van der Waals surface area contributed by atoms with Gasteiger partial charge >= 0.3 is 5.97 Å². The fraction of sp³-hybridized carbons (Fsp3) is 0.333. The van der Waals surface area contributed by atoms with Gasteiger partial charge in [0.25, 0.3) is 11.6 Å². The lowest BCUT2D eigenvalue weighted by molar-refractivity contribution is -0.385. The number of nitrogens with one attached hydrogen (secondary N) is 1. The molecule has 1 aromatic carbocycles. The van der Waals surface area contributed by atoms with Crippen LogP contribution in [0.1, 0.15) is 23.7 Å². The molecular weight excluding hydrogens is 271 g/mol. The summed E-state index contributed by atoms with van der Waals surface area (Å²) in [6, 6.07) is 2.57. The van der Waals surface area contributed by atoms with E-state index in [1.807, 2.05) is 0 Å². The monoisotopic (exact) mass is 284 g/mol. The number of carbonyl (C=O) groups excluding carboxylic acids is 1. The number of halogens is 1. The average Bonchev–Trinajstić information content (AvgIpc) is 2.34. The molecule has 108 valence electrons. The standard InChI is InChI=1S/C12H13FN2O5/c1-7(4-11(16)17)6-14-12(18)9-5-8(13)2-3-10(9)15(19)20/h2-3,5,7H,4,6H2,1H3,(H,14,18)(H,16,17). The zero-order valence-corrected chi connectivity index (χ0v) is 10.6. The van der Waals surface area contributed by atoms with Gasteiger partial charge in [-0.15, -0.1) is 0 Å². The van der Waals surface area contributed by atoms with Gasteiger partial charge in [0.1, 0.15) is 11.4 Å². The van der Waals surface area contributed by atoms with Crippen LogP contribution in [0.25, 0.3) is 0 Å². The summed E-state index contributed by atoms with van der Waals surface area (Å²) < 4.78 is 13.1. The lowest BCUT2D eigenvalue weighted by Crippen LogP contribution is -2.29. The van der Waals surface area contributed by atoms with Gasteiger partial charge in [0.05, 0.1) is 4.92 Å². The molecule has 0 bridgehead atoms. The number of aliphatic carboxylic acids is 1. The van der Waals surface area contributed by atoms with E-state index in [1.54, 1.807) is 6.92 Å². The van der Waals surface area contributed by atoms with E-state index >= 15 is 0 Å². The van der Waals surface area contributed by atoms with Gasteiger partial charge in [0.15, 0.2) is 0 Å². The zero-order valence-electron chi connectivity index (χ0n) is 10.6. The van der Waals surface area contributed by atoms with Crippen molar-refractivity contribution in [2.24, 2.45) is 5.92 Å². The molecule has 20 heavy (non-hydrogen) atoms. The molecule has 0 heterocycles. The summed E-state index contributed by atoms with van der Waals surface area (Å²) in [6.07, 6.45) is -0.147. The topological polar surface area (TPSA) is 110 Å². The van der Waals surface area contributed by atoms with Crippen molar-refractivity contribution in [3.8, 4) is 0 Å². The van der Waals surface area contributed by atoms with Crippen molar-refractivity contribution < 1.29 is 24.0 Å². The smallest absolute Gasteiger partial charge is 0.303 e. The van der Waals surface area contributed by atoms with Gasteiger partial charge < -0.3 is 10.4 Å². The van der Waals surface area contributed by atoms with E-state index in [0.717, 1.165) is 18.2 Å². The Morgan fingerprint density at radius 3 is 2.70 bits per heavy atom. The number of nitro groups is 1. The molecule has 0 aromatic heterocycles. The lowest BCUT2D eigenvalue weighted by Gasteiger charge is -2.10. The second kappa shape index (κ2) is 6.60. The SMILES string of the molecule is CC(CNC(=O)c1cc(F)ccc1[N+](=O)[O-])CC(=O)O.